The Balaban J connectivity index is 1.79. The maximum absolute atomic E-state index is 12.7. The fourth-order valence-electron chi connectivity index (χ4n) is 2.52. The number of H-pyrrole nitrogens is 1. The summed E-state index contributed by atoms with van der Waals surface area (Å²) in [4.78, 5) is 17.8. The first-order valence-corrected chi connectivity index (χ1v) is 6.82. The predicted octanol–water partition coefficient (Wildman–Crippen LogP) is 1.09. The highest BCUT2D eigenvalue weighted by Crippen LogP contribution is 2.26. The van der Waals surface area contributed by atoms with Crippen molar-refractivity contribution in [1.82, 2.24) is 19.5 Å². The number of nitrogens with zero attached hydrogens (tertiary/aromatic N) is 3. The Morgan fingerprint density at radius 3 is 2.95 bits per heavy atom. The molecule has 0 aromatic carbocycles. The number of morpholine rings is 1. The van der Waals surface area contributed by atoms with Crippen molar-refractivity contribution in [3.05, 3.63) is 33.9 Å². The van der Waals surface area contributed by atoms with Crippen molar-refractivity contribution >= 4 is 5.65 Å². The van der Waals surface area contributed by atoms with Gasteiger partial charge in [0.2, 0.25) is 0 Å². The number of aryl methyl sites for hydroxylation is 1. The topological polar surface area (TPSA) is 62.6 Å². The molecular weight excluding hydrogens is 301 g/mol. The van der Waals surface area contributed by atoms with Gasteiger partial charge < -0.3 is 4.74 Å². The van der Waals surface area contributed by atoms with Crippen LogP contribution in [-0.4, -0.2) is 51.5 Å². The summed E-state index contributed by atoms with van der Waals surface area (Å²) in [5, 5.41) is 2.84. The van der Waals surface area contributed by atoms with Crippen LogP contribution in [0.3, 0.4) is 0 Å². The van der Waals surface area contributed by atoms with Crippen molar-refractivity contribution in [3.8, 4) is 0 Å². The molecule has 0 radical (unpaired) electrons. The van der Waals surface area contributed by atoms with Crippen molar-refractivity contribution in [2.45, 2.75) is 25.7 Å². The van der Waals surface area contributed by atoms with Crippen molar-refractivity contribution in [1.29, 1.82) is 0 Å². The molecule has 0 spiro atoms. The van der Waals surface area contributed by atoms with E-state index in [0.717, 1.165) is 5.69 Å². The lowest BCUT2D eigenvalue weighted by Crippen LogP contribution is -2.48. The Labute approximate surface area is 123 Å². The second kappa shape index (κ2) is 5.40. The summed E-state index contributed by atoms with van der Waals surface area (Å²) >= 11 is 0. The Hall–Kier alpha value is -1.87. The SMILES string of the molecule is Cc1cc2nc(CN3CCOC(C(F)(F)F)C3)cc(=O)n2[nH]1. The number of aromatic nitrogens is 3. The Morgan fingerprint density at radius 2 is 2.23 bits per heavy atom. The minimum absolute atomic E-state index is 0.00860. The average Bonchev–Trinajstić information content (AvgIpc) is 2.79. The van der Waals surface area contributed by atoms with Gasteiger partial charge in [-0.15, -0.1) is 0 Å². The molecule has 1 N–H and O–H groups in total. The van der Waals surface area contributed by atoms with E-state index in [4.69, 9.17) is 4.74 Å². The summed E-state index contributed by atoms with van der Waals surface area (Å²) in [6.07, 6.45) is -6.17. The highest BCUT2D eigenvalue weighted by molar-refractivity contribution is 5.39. The first-order chi connectivity index (χ1) is 10.3. The fourth-order valence-corrected chi connectivity index (χ4v) is 2.52. The van der Waals surface area contributed by atoms with Gasteiger partial charge in [0, 0.05) is 37.5 Å². The highest BCUT2D eigenvalue weighted by atomic mass is 19.4. The molecule has 9 heteroatoms. The monoisotopic (exact) mass is 316 g/mol. The molecule has 0 bridgehead atoms. The summed E-state index contributed by atoms with van der Waals surface area (Å²) < 4.78 is 44.2. The third-order valence-electron chi connectivity index (χ3n) is 3.53. The Bertz CT molecular complexity index is 737. The maximum atomic E-state index is 12.7. The zero-order chi connectivity index (χ0) is 15.9. The van der Waals surface area contributed by atoms with E-state index >= 15 is 0 Å². The number of hydrogen-bond acceptors (Lipinski definition) is 4. The minimum atomic E-state index is -4.38. The van der Waals surface area contributed by atoms with Crippen LogP contribution < -0.4 is 5.56 Å². The lowest BCUT2D eigenvalue weighted by atomic mass is 10.2. The van der Waals surface area contributed by atoms with Gasteiger partial charge in [0.15, 0.2) is 11.8 Å². The first-order valence-electron chi connectivity index (χ1n) is 6.82. The van der Waals surface area contributed by atoms with Crippen molar-refractivity contribution in [2.75, 3.05) is 19.7 Å². The molecule has 1 atom stereocenters. The van der Waals surface area contributed by atoms with E-state index in [9.17, 15) is 18.0 Å². The molecule has 3 heterocycles. The molecule has 120 valence electrons. The number of alkyl halides is 3. The van der Waals surface area contributed by atoms with Gasteiger partial charge in [0.1, 0.15) is 0 Å². The summed E-state index contributed by atoms with van der Waals surface area (Å²) in [6.45, 7) is 2.11. The maximum Gasteiger partial charge on any atom is 0.415 e. The zero-order valence-electron chi connectivity index (χ0n) is 11.9. The molecule has 0 amide bonds. The molecule has 1 fully saturated rings. The van der Waals surface area contributed by atoms with Crippen LogP contribution in [0.1, 0.15) is 11.4 Å². The standard InChI is InChI=1S/C13H15F3N4O2/c1-8-4-11-17-9(5-12(21)20(11)18-8)6-19-2-3-22-10(7-19)13(14,15)16/h4-5,10,18H,2-3,6-7H2,1H3. The second-order valence-corrected chi connectivity index (χ2v) is 5.35. The van der Waals surface area contributed by atoms with E-state index in [1.54, 1.807) is 17.9 Å². The van der Waals surface area contributed by atoms with Gasteiger partial charge in [-0.25, -0.2) is 9.50 Å². The van der Waals surface area contributed by atoms with Gasteiger partial charge in [-0.05, 0) is 6.92 Å². The van der Waals surface area contributed by atoms with Crippen molar-refractivity contribution < 1.29 is 17.9 Å². The Morgan fingerprint density at radius 1 is 1.45 bits per heavy atom. The molecule has 1 unspecified atom stereocenters. The van der Waals surface area contributed by atoms with Gasteiger partial charge in [-0.3, -0.25) is 14.8 Å². The minimum Gasteiger partial charge on any atom is -0.366 e. The van der Waals surface area contributed by atoms with Crippen molar-refractivity contribution in [2.24, 2.45) is 0 Å². The van der Waals surface area contributed by atoms with Crippen LogP contribution in [0.15, 0.2) is 16.9 Å². The molecular formula is C13H15F3N4O2. The lowest BCUT2D eigenvalue weighted by Gasteiger charge is -2.33. The van der Waals surface area contributed by atoms with Gasteiger partial charge in [0.05, 0.1) is 12.3 Å². The number of ether oxygens (including phenoxy) is 1. The third kappa shape index (κ3) is 3.00. The summed E-state index contributed by atoms with van der Waals surface area (Å²) in [5.41, 5.74) is 1.41. The average molecular weight is 316 g/mol. The molecule has 1 aliphatic rings. The van der Waals surface area contributed by atoms with Gasteiger partial charge in [-0.2, -0.15) is 13.2 Å². The van der Waals surface area contributed by atoms with E-state index in [0.29, 0.717) is 17.9 Å². The van der Waals surface area contributed by atoms with Crippen LogP contribution in [0.4, 0.5) is 13.2 Å². The fraction of sp³-hybridized carbons (Fsp3) is 0.538. The van der Waals surface area contributed by atoms with E-state index < -0.39 is 12.3 Å². The predicted molar refractivity (Wildman–Crippen MR) is 71.6 cm³/mol. The van der Waals surface area contributed by atoms with Gasteiger partial charge in [-0.1, -0.05) is 0 Å². The molecule has 2 aromatic rings. The molecule has 0 saturated carbocycles. The molecule has 3 rings (SSSR count). The molecule has 1 aliphatic heterocycles. The second-order valence-electron chi connectivity index (χ2n) is 5.35. The van der Waals surface area contributed by atoms with Crippen molar-refractivity contribution in [3.63, 3.8) is 0 Å². The number of fused-ring (bicyclic) bond motifs is 1. The van der Waals surface area contributed by atoms with E-state index in [-0.39, 0.29) is 25.3 Å². The molecule has 2 aromatic heterocycles. The summed E-state index contributed by atoms with van der Waals surface area (Å²) in [7, 11) is 0. The number of nitrogens with one attached hydrogen (secondary N) is 1. The first kappa shape index (κ1) is 15.0. The lowest BCUT2D eigenvalue weighted by molar-refractivity contribution is -0.237. The quantitative estimate of drug-likeness (QED) is 0.901. The van der Waals surface area contributed by atoms with Crippen LogP contribution in [0.25, 0.3) is 5.65 Å². The molecule has 0 aliphatic carbocycles. The number of halogens is 3. The summed E-state index contributed by atoms with van der Waals surface area (Å²) in [5.74, 6) is 0. The summed E-state index contributed by atoms with van der Waals surface area (Å²) in [6, 6.07) is 3.05. The molecule has 1 saturated heterocycles. The van der Waals surface area contributed by atoms with Crippen LogP contribution in [0.2, 0.25) is 0 Å². The van der Waals surface area contributed by atoms with E-state index in [2.05, 4.69) is 10.1 Å². The normalized spacial score (nSPS) is 20.6. The van der Waals surface area contributed by atoms with Gasteiger partial charge >= 0.3 is 6.18 Å². The van der Waals surface area contributed by atoms with E-state index in [1.165, 1.54) is 10.6 Å². The van der Waals surface area contributed by atoms with Crippen LogP contribution in [-0.2, 0) is 11.3 Å². The van der Waals surface area contributed by atoms with Crippen LogP contribution in [0.5, 0.6) is 0 Å². The third-order valence-corrected chi connectivity index (χ3v) is 3.53. The zero-order valence-corrected chi connectivity index (χ0v) is 11.9. The number of rotatable bonds is 2. The Kier molecular flexibility index (Phi) is 3.69. The smallest absolute Gasteiger partial charge is 0.366 e. The van der Waals surface area contributed by atoms with Crippen LogP contribution in [0, 0.1) is 6.92 Å². The molecule has 22 heavy (non-hydrogen) atoms. The number of hydrogen-bond donors (Lipinski definition) is 1. The largest absolute Gasteiger partial charge is 0.415 e. The highest BCUT2D eigenvalue weighted by Gasteiger charge is 2.43. The molecule has 6 nitrogen and oxygen atoms in total. The number of aromatic amines is 1. The van der Waals surface area contributed by atoms with E-state index in [1.807, 2.05) is 0 Å². The van der Waals surface area contributed by atoms with Gasteiger partial charge in [0.25, 0.3) is 5.56 Å². The van der Waals surface area contributed by atoms with Crippen LogP contribution >= 0.6 is 0 Å².